The monoisotopic (exact) mass is 351 g/mol. The van der Waals surface area contributed by atoms with E-state index in [0.29, 0.717) is 5.01 Å². The number of carboxylic acid groups (broad SMARTS) is 1. The van der Waals surface area contributed by atoms with Crippen molar-refractivity contribution >= 4 is 29.1 Å². The predicted octanol–water partition coefficient (Wildman–Crippen LogP) is -0.220. The van der Waals surface area contributed by atoms with Crippen LogP contribution in [0.4, 0.5) is 0 Å². The van der Waals surface area contributed by atoms with Crippen LogP contribution in [0.15, 0.2) is 23.7 Å². The molecule has 1 aromatic rings. The van der Waals surface area contributed by atoms with Crippen molar-refractivity contribution in [3.8, 4) is 0 Å². The molecule has 2 aliphatic rings. The highest BCUT2D eigenvalue weighted by molar-refractivity contribution is 7.09. The molecule has 128 valence electrons. The van der Waals surface area contributed by atoms with Crippen LogP contribution in [0.2, 0.25) is 0 Å². The van der Waals surface area contributed by atoms with Gasteiger partial charge in [0.15, 0.2) is 5.54 Å². The lowest BCUT2D eigenvalue weighted by Crippen LogP contribution is -2.58. The number of carboxylic acids is 1. The van der Waals surface area contributed by atoms with E-state index in [1.54, 1.807) is 30.7 Å². The van der Waals surface area contributed by atoms with Gasteiger partial charge < -0.3 is 10.2 Å². The average Bonchev–Trinajstić information content (AvgIpc) is 3.24. The van der Waals surface area contributed by atoms with Gasteiger partial charge in [0.2, 0.25) is 11.8 Å². The van der Waals surface area contributed by atoms with E-state index < -0.39 is 47.8 Å². The molecule has 4 atom stereocenters. The first-order valence-corrected chi connectivity index (χ1v) is 8.33. The molecule has 9 heteroatoms. The Morgan fingerprint density at radius 2 is 2.25 bits per heavy atom. The molecule has 0 bridgehead atoms. The maximum atomic E-state index is 12.8. The molecule has 3 heterocycles. The Balaban J connectivity index is 2.08. The predicted molar refractivity (Wildman–Crippen MR) is 84.0 cm³/mol. The Kier molecular flexibility index (Phi) is 4.24. The highest BCUT2D eigenvalue weighted by atomic mass is 32.1. The second-order valence-corrected chi connectivity index (χ2v) is 6.71. The first kappa shape index (κ1) is 16.7. The van der Waals surface area contributed by atoms with E-state index in [9.17, 15) is 24.6 Å². The van der Waals surface area contributed by atoms with Crippen LogP contribution in [-0.4, -0.2) is 56.6 Å². The van der Waals surface area contributed by atoms with Gasteiger partial charge in [-0.3, -0.25) is 24.6 Å². The number of nitrogens with one attached hydrogen (secondary N) is 1. The number of allylic oxidation sites excluding steroid dienone is 1. The second kappa shape index (κ2) is 6.08. The molecule has 2 amide bonds. The molecule has 24 heavy (non-hydrogen) atoms. The number of amides is 2. The molecule has 0 aliphatic carbocycles. The first-order chi connectivity index (χ1) is 11.5. The van der Waals surface area contributed by atoms with E-state index in [1.807, 2.05) is 0 Å². The number of aromatic nitrogens is 1. The molecule has 8 nitrogen and oxygen atoms in total. The van der Waals surface area contributed by atoms with Crippen molar-refractivity contribution < 1.29 is 24.6 Å². The van der Waals surface area contributed by atoms with E-state index >= 15 is 0 Å². The van der Waals surface area contributed by atoms with Crippen LogP contribution >= 0.6 is 11.3 Å². The van der Waals surface area contributed by atoms with Gasteiger partial charge in [-0.2, -0.15) is 0 Å². The smallest absolute Gasteiger partial charge is 0.327 e. The number of aliphatic hydroxyl groups excluding tert-OH is 1. The van der Waals surface area contributed by atoms with Crippen molar-refractivity contribution in [3.05, 3.63) is 28.7 Å². The van der Waals surface area contributed by atoms with Gasteiger partial charge in [0.05, 0.1) is 24.5 Å². The molecule has 3 N–H and O–H groups in total. The molecule has 2 aliphatic heterocycles. The molecule has 0 aromatic carbocycles. The summed E-state index contributed by atoms with van der Waals surface area (Å²) in [5.74, 6) is -4.42. The fourth-order valence-electron chi connectivity index (χ4n) is 3.46. The summed E-state index contributed by atoms with van der Waals surface area (Å²) in [4.78, 5) is 42.6. The van der Waals surface area contributed by atoms with E-state index in [0.717, 1.165) is 4.90 Å². The number of nitrogens with zero attached hydrogens (tertiary/aromatic N) is 2. The summed E-state index contributed by atoms with van der Waals surface area (Å²) in [7, 11) is 0. The number of rotatable bonds is 5. The molecule has 1 aromatic heterocycles. The third-order valence-corrected chi connectivity index (χ3v) is 5.48. The van der Waals surface area contributed by atoms with Crippen molar-refractivity contribution in [1.82, 2.24) is 15.2 Å². The van der Waals surface area contributed by atoms with E-state index in [-0.39, 0.29) is 6.54 Å². The molecule has 2 saturated heterocycles. The molecule has 2 fully saturated rings. The molecular weight excluding hydrogens is 334 g/mol. The summed E-state index contributed by atoms with van der Waals surface area (Å²) in [5, 5.41) is 24.5. The van der Waals surface area contributed by atoms with Gasteiger partial charge in [0, 0.05) is 18.1 Å². The number of thiazole rings is 1. The Bertz CT molecular complexity index is 704. The van der Waals surface area contributed by atoms with Gasteiger partial charge in [-0.1, -0.05) is 12.2 Å². The number of carbonyl (C=O) groups excluding carboxylic acids is 2. The minimum Gasteiger partial charge on any atom is -0.480 e. The van der Waals surface area contributed by atoms with E-state index in [1.165, 1.54) is 11.3 Å². The largest absolute Gasteiger partial charge is 0.480 e. The van der Waals surface area contributed by atoms with Gasteiger partial charge >= 0.3 is 5.97 Å². The molecule has 0 spiro atoms. The van der Waals surface area contributed by atoms with Crippen molar-refractivity contribution in [2.24, 2.45) is 11.8 Å². The third kappa shape index (κ3) is 2.20. The molecule has 3 rings (SSSR count). The van der Waals surface area contributed by atoms with Crippen LogP contribution in [0.5, 0.6) is 0 Å². The van der Waals surface area contributed by atoms with Gasteiger partial charge in [-0.15, -0.1) is 11.3 Å². The molecule has 0 radical (unpaired) electrons. The van der Waals surface area contributed by atoms with Gasteiger partial charge in [-0.25, -0.2) is 4.98 Å². The molecule has 0 saturated carbocycles. The number of aliphatic hydroxyl groups is 1. The fraction of sp³-hybridized carbons (Fsp3) is 0.467. The van der Waals surface area contributed by atoms with Gasteiger partial charge in [0.1, 0.15) is 5.01 Å². The number of imide groups is 1. The Labute approximate surface area is 141 Å². The minimum atomic E-state index is -1.89. The van der Waals surface area contributed by atoms with Crippen molar-refractivity contribution in [2.75, 3.05) is 13.2 Å². The number of likely N-dealkylation sites (tertiary alicyclic amines) is 1. The topological polar surface area (TPSA) is 120 Å². The first-order valence-electron chi connectivity index (χ1n) is 7.45. The van der Waals surface area contributed by atoms with Crippen LogP contribution in [0, 0.1) is 11.8 Å². The van der Waals surface area contributed by atoms with E-state index in [2.05, 4.69) is 10.3 Å². The van der Waals surface area contributed by atoms with E-state index in [4.69, 9.17) is 0 Å². The average molecular weight is 351 g/mol. The SMILES string of the molecule is CC=CCN1C(=O)C2C(c3nccs3)NC(CO)(C(=O)O)C2C1=O. The summed E-state index contributed by atoms with van der Waals surface area (Å²) in [6.07, 6.45) is 4.92. The summed E-state index contributed by atoms with van der Waals surface area (Å²) >= 11 is 1.27. The van der Waals surface area contributed by atoms with Gasteiger partial charge in [-0.05, 0) is 6.92 Å². The summed E-state index contributed by atoms with van der Waals surface area (Å²) in [5.41, 5.74) is -1.89. The number of fused-ring (bicyclic) bond motifs is 1. The number of aliphatic carboxylic acids is 1. The lowest BCUT2D eigenvalue weighted by atomic mass is 9.80. The fourth-order valence-corrected chi connectivity index (χ4v) is 4.20. The van der Waals surface area contributed by atoms with Crippen LogP contribution in [0.25, 0.3) is 0 Å². The maximum Gasteiger partial charge on any atom is 0.327 e. The zero-order chi connectivity index (χ0) is 17.5. The zero-order valence-electron chi connectivity index (χ0n) is 12.9. The lowest BCUT2D eigenvalue weighted by Gasteiger charge is -2.28. The minimum absolute atomic E-state index is 0.0902. The second-order valence-electron chi connectivity index (χ2n) is 5.79. The molecular formula is C15H17N3O5S. The number of hydrogen-bond acceptors (Lipinski definition) is 7. The normalized spacial score (nSPS) is 32.8. The summed E-state index contributed by atoms with van der Waals surface area (Å²) in [6.45, 7) is 1.07. The molecule has 4 unspecified atom stereocenters. The van der Waals surface area contributed by atoms with Crippen LogP contribution in [0.1, 0.15) is 18.0 Å². The van der Waals surface area contributed by atoms with Crippen LogP contribution in [-0.2, 0) is 14.4 Å². The zero-order valence-corrected chi connectivity index (χ0v) is 13.7. The number of hydrogen-bond donors (Lipinski definition) is 3. The highest BCUT2D eigenvalue weighted by Gasteiger charge is 2.68. The quantitative estimate of drug-likeness (QED) is 0.495. The third-order valence-electron chi connectivity index (χ3n) is 4.62. The summed E-state index contributed by atoms with van der Waals surface area (Å²) < 4.78 is 0. The Morgan fingerprint density at radius 1 is 1.50 bits per heavy atom. The lowest BCUT2D eigenvalue weighted by molar-refractivity contribution is -0.153. The Morgan fingerprint density at radius 3 is 2.79 bits per heavy atom. The highest BCUT2D eigenvalue weighted by Crippen LogP contribution is 2.48. The Hall–Kier alpha value is -2.10. The van der Waals surface area contributed by atoms with Crippen molar-refractivity contribution in [3.63, 3.8) is 0 Å². The van der Waals surface area contributed by atoms with Crippen molar-refractivity contribution in [2.45, 2.75) is 18.5 Å². The van der Waals surface area contributed by atoms with Crippen LogP contribution < -0.4 is 5.32 Å². The van der Waals surface area contributed by atoms with Gasteiger partial charge in [0.25, 0.3) is 0 Å². The standard InChI is InChI=1S/C15H17N3O5S/c1-2-3-5-18-12(20)8-9(13(18)21)15(7-19,14(22)23)17-10(8)11-16-4-6-24-11/h2-4,6,8-10,17,19H,5,7H2,1H3,(H,22,23). The van der Waals surface area contributed by atoms with Crippen molar-refractivity contribution in [1.29, 1.82) is 0 Å². The summed E-state index contributed by atoms with van der Waals surface area (Å²) in [6, 6.07) is -0.717. The maximum absolute atomic E-state index is 12.8. The van der Waals surface area contributed by atoms with Crippen LogP contribution in [0.3, 0.4) is 0 Å². The number of carbonyl (C=O) groups is 3.